The number of aromatic nitrogens is 3. The van der Waals surface area contributed by atoms with Gasteiger partial charge in [0.25, 0.3) is 0 Å². The number of amides is 1. The lowest BCUT2D eigenvalue weighted by Gasteiger charge is -2.10. The van der Waals surface area contributed by atoms with Crippen molar-refractivity contribution < 1.29 is 13.9 Å². The average molecular weight is 406 g/mol. The summed E-state index contributed by atoms with van der Waals surface area (Å²) in [5.74, 6) is -0.681. The second kappa shape index (κ2) is 8.11. The lowest BCUT2D eigenvalue weighted by atomic mass is 10.1. The van der Waals surface area contributed by atoms with Gasteiger partial charge in [-0.1, -0.05) is 30.1 Å². The minimum Gasteiger partial charge on any atom is -0.445 e. The third-order valence-electron chi connectivity index (χ3n) is 3.33. The fourth-order valence-corrected chi connectivity index (χ4v) is 3.21. The molecular weight excluding hydrogens is 393 g/mol. The van der Waals surface area contributed by atoms with Gasteiger partial charge in [-0.2, -0.15) is 0 Å². The lowest BCUT2D eigenvalue weighted by molar-refractivity contribution is 0.174. The number of hydrogen-bond donors (Lipinski definition) is 2. The van der Waals surface area contributed by atoms with E-state index in [1.807, 2.05) is 0 Å². The van der Waals surface area contributed by atoms with E-state index in [4.69, 9.17) is 22.1 Å². The molecule has 0 saturated carbocycles. The molecule has 0 bridgehead atoms. The number of nitrogen functional groups attached to an aromatic ring is 1. The smallest absolute Gasteiger partial charge is 0.412 e. The topological polar surface area (TPSA) is 103 Å². The number of thiazole rings is 1. The number of nitrogens with zero attached hydrogens (tertiary/aromatic N) is 3. The molecule has 0 aliphatic rings. The number of nitrogens with one attached hydrogen (secondary N) is 1. The zero-order valence-electron chi connectivity index (χ0n) is 13.8. The molecule has 1 aromatic carbocycles. The molecule has 0 saturated heterocycles. The number of ether oxygens (including phenoxy) is 1. The second-order valence-corrected chi connectivity index (χ2v) is 6.49. The Bertz CT molecular complexity index is 1010. The Morgan fingerprint density at radius 1 is 1.41 bits per heavy atom. The van der Waals surface area contributed by atoms with E-state index in [0.717, 1.165) is 11.3 Å². The number of carbonyl (C=O) groups excluding carboxylic acids is 1. The summed E-state index contributed by atoms with van der Waals surface area (Å²) in [6.07, 6.45) is 2.09. The van der Waals surface area contributed by atoms with Crippen LogP contribution in [0.1, 0.15) is 0 Å². The molecule has 0 unspecified atom stereocenters. The van der Waals surface area contributed by atoms with Gasteiger partial charge in [-0.15, -0.1) is 0 Å². The molecule has 7 nitrogen and oxygen atoms in total. The molecule has 0 radical (unpaired) electrons. The Morgan fingerprint density at radius 2 is 2.22 bits per heavy atom. The van der Waals surface area contributed by atoms with E-state index in [9.17, 15) is 9.18 Å². The van der Waals surface area contributed by atoms with Crippen LogP contribution in [-0.2, 0) is 4.74 Å². The van der Waals surface area contributed by atoms with Gasteiger partial charge in [0.05, 0.1) is 22.0 Å². The summed E-state index contributed by atoms with van der Waals surface area (Å²) in [5, 5.41) is 2.63. The van der Waals surface area contributed by atoms with Crippen molar-refractivity contribution in [2.75, 3.05) is 17.7 Å². The van der Waals surface area contributed by atoms with Crippen molar-refractivity contribution in [3.05, 3.63) is 54.2 Å². The highest BCUT2D eigenvalue weighted by Gasteiger charge is 2.20. The minimum absolute atomic E-state index is 0.00832. The fourth-order valence-electron chi connectivity index (χ4n) is 2.25. The van der Waals surface area contributed by atoms with Gasteiger partial charge in [-0.3, -0.25) is 5.32 Å². The summed E-state index contributed by atoms with van der Waals surface area (Å²) in [7, 11) is 0. The minimum atomic E-state index is -0.799. The van der Waals surface area contributed by atoms with Crippen LogP contribution >= 0.6 is 22.9 Å². The van der Waals surface area contributed by atoms with Crippen molar-refractivity contribution in [3.63, 3.8) is 0 Å². The van der Waals surface area contributed by atoms with Gasteiger partial charge < -0.3 is 10.5 Å². The summed E-state index contributed by atoms with van der Waals surface area (Å²) in [4.78, 5) is 24.4. The molecule has 0 spiro atoms. The van der Waals surface area contributed by atoms with Crippen LogP contribution in [0.4, 0.5) is 20.0 Å². The Balaban J connectivity index is 2.02. The van der Waals surface area contributed by atoms with Crippen LogP contribution in [0.15, 0.2) is 43.1 Å². The second-order valence-electron chi connectivity index (χ2n) is 5.12. The Morgan fingerprint density at radius 3 is 2.96 bits per heavy atom. The van der Waals surface area contributed by atoms with Crippen LogP contribution in [-0.4, -0.2) is 27.7 Å². The summed E-state index contributed by atoms with van der Waals surface area (Å²) >= 11 is 6.98. The zero-order valence-corrected chi connectivity index (χ0v) is 15.4. The zero-order chi connectivity index (χ0) is 19.4. The van der Waals surface area contributed by atoms with Crippen LogP contribution < -0.4 is 11.1 Å². The highest BCUT2D eigenvalue weighted by atomic mass is 35.5. The molecule has 3 aromatic rings. The Hall–Kier alpha value is -3.04. The van der Waals surface area contributed by atoms with Crippen molar-refractivity contribution in [2.24, 2.45) is 0 Å². The van der Waals surface area contributed by atoms with Crippen LogP contribution in [0, 0.1) is 5.82 Å². The van der Waals surface area contributed by atoms with E-state index < -0.39 is 11.9 Å². The Labute approximate surface area is 162 Å². The van der Waals surface area contributed by atoms with Crippen molar-refractivity contribution in [2.45, 2.75) is 0 Å². The van der Waals surface area contributed by atoms with E-state index in [2.05, 4.69) is 26.8 Å². The van der Waals surface area contributed by atoms with Crippen molar-refractivity contribution in [3.8, 4) is 21.8 Å². The van der Waals surface area contributed by atoms with Gasteiger partial charge >= 0.3 is 6.09 Å². The molecule has 3 N–H and O–H groups in total. The first kappa shape index (κ1) is 18.7. The molecule has 27 heavy (non-hydrogen) atoms. The molecule has 3 rings (SSSR count). The van der Waals surface area contributed by atoms with E-state index in [1.54, 1.807) is 12.1 Å². The monoisotopic (exact) mass is 405 g/mol. The van der Waals surface area contributed by atoms with E-state index >= 15 is 0 Å². The molecule has 0 aliphatic carbocycles. The number of anilines is 2. The van der Waals surface area contributed by atoms with Gasteiger partial charge in [-0.05, 0) is 29.8 Å². The summed E-state index contributed by atoms with van der Waals surface area (Å²) in [5.41, 5.74) is 6.66. The van der Waals surface area contributed by atoms with Crippen molar-refractivity contribution >= 4 is 39.8 Å². The predicted molar refractivity (Wildman–Crippen MR) is 103 cm³/mol. The molecule has 2 heterocycles. The lowest BCUT2D eigenvalue weighted by Crippen LogP contribution is -2.14. The fraction of sp³-hybridized carbons (Fsp3) is 0.0588. The van der Waals surface area contributed by atoms with E-state index in [-0.39, 0.29) is 34.0 Å². The van der Waals surface area contributed by atoms with Crippen molar-refractivity contribution in [1.82, 2.24) is 15.0 Å². The van der Waals surface area contributed by atoms with Gasteiger partial charge in [0.15, 0.2) is 10.9 Å². The maximum atomic E-state index is 15.0. The predicted octanol–water partition coefficient (Wildman–Crippen LogP) is 4.38. The van der Waals surface area contributed by atoms with Gasteiger partial charge in [0.2, 0.25) is 5.28 Å². The standard InChI is InChI=1S/C17H13ClFN5O2S/c1-2-8-26-17(25)23-10-5-3-4-9(12(10)19)13-14(27-16(20)24-13)11-6-7-21-15(18)22-11/h2-7H,1,8H2,(H2,20,24)(H,23,25). The third-order valence-corrected chi connectivity index (χ3v) is 4.41. The number of halogens is 2. The average Bonchev–Trinajstić information content (AvgIpc) is 3.03. The largest absolute Gasteiger partial charge is 0.445 e. The SMILES string of the molecule is C=CCOC(=O)Nc1cccc(-c2nc(N)sc2-c2ccnc(Cl)n2)c1F. The summed E-state index contributed by atoms with van der Waals surface area (Å²) in [6, 6.07) is 6.13. The van der Waals surface area contributed by atoms with Crippen LogP contribution in [0.2, 0.25) is 5.28 Å². The first-order chi connectivity index (χ1) is 13.0. The molecule has 0 aliphatic heterocycles. The summed E-state index contributed by atoms with van der Waals surface area (Å²) < 4.78 is 19.8. The number of nitrogens with two attached hydrogens (primary N) is 1. The quantitative estimate of drug-likeness (QED) is 0.482. The highest BCUT2D eigenvalue weighted by Crippen LogP contribution is 2.39. The first-order valence-electron chi connectivity index (χ1n) is 7.58. The van der Waals surface area contributed by atoms with Gasteiger partial charge in [0.1, 0.15) is 6.61 Å². The molecule has 0 fully saturated rings. The molecular formula is C17H13ClFN5O2S. The maximum Gasteiger partial charge on any atom is 0.412 e. The molecule has 2 aromatic heterocycles. The van der Waals surface area contributed by atoms with E-state index in [1.165, 1.54) is 24.4 Å². The van der Waals surface area contributed by atoms with Gasteiger partial charge in [-0.25, -0.2) is 24.1 Å². The maximum absolute atomic E-state index is 15.0. The number of benzene rings is 1. The summed E-state index contributed by atoms with van der Waals surface area (Å²) in [6.45, 7) is 3.45. The number of carbonyl (C=O) groups is 1. The van der Waals surface area contributed by atoms with Crippen LogP contribution in [0.3, 0.4) is 0 Å². The Kier molecular flexibility index (Phi) is 5.63. The van der Waals surface area contributed by atoms with Crippen LogP contribution in [0.25, 0.3) is 21.8 Å². The number of rotatable bonds is 5. The van der Waals surface area contributed by atoms with E-state index in [0.29, 0.717) is 10.6 Å². The van der Waals surface area contributed by atoms with Crippen molar-refractivity contribution in [1.29, 1.82) is 0 Å². The first-order valence-corrected chi connectivity index (χ1v) is 8.78. The molecule has 138 valence electrons. The molecule has 1 amide bonds. The molecule has 10 heteroatoms. The highest BCUT2D eigenvalue weighted by molar-refractivity contribution is 7.19. The normalized spacial score (nSPS) is 10.4. The molecule has 0 atom stereocenters. The van der Waals surface area contributed by atoms with Gasteiger partial charge in [0, 0.05) is 11.8 Å². The van der Waals surface area contributed by atoms with Crippen LogP contribution in [0.5, 0.6) is 0 Å². The number of hydrogen-bond acceptors (Lipinski definition) is 7. The third kappa shape index (κ3) is 4.21.